The number of amides is 3. The van der Waals surface area contributed by atoms with E-state index >= 15 is 0 Å². The number of rotatable bonds is 9. The smallest absolute Gasteiger partial charge is 0.438 e. The molecule has 3 aromatic rings. The monoisotopic (exact) mass is 609 g/mol. The third kappa shape index (κ3) is 6.94. The van der Waals surface area contributed by atoms with Crippen LogP contribution in [0.3, 0.4) is 0 Å². The van der Waals surface area contributed by atoms with Gasteiger partial charge in [0.05, 0.1) is 11.7 Å². The van der Waals surface area contributed by atoms with Crippen molar-refractivity contribution < 1.29 is 37.4 Å². The van der Waals surface area contributed by atoms with E-state index in [4.69, 9.17) is 4.74 Å². The summed E-state index contributed by atoms with van der Waals surface area (Å²) < 4.78 is 50.1. The van der Waals surface area contributed by atoms with Crippen molar-refractivity contribution in [3.05, 3.63) is 114 Å². The Bertz CT molecular complexity index is 1480. The lowest BCUT2D eigenvalue weighted by atomic mass is 9.89. The zero-order valence-corrected chi connectivity index (χ0v) is 24.5. The van der Waals surface area contributed by atoms with Crippen molar-refractivity contribution in [2.45, 2.75) is 57.8 Å². The van der Waals surface area contributed by atoms with Gasteiger partial charge in [0.2, 0.25) is 5.91 Å². The summed E-state index contributed by atoms with van der Waals surface area (Å²) in [5, 5.41) is 13.1. The zero-order valence-electron chi connectivity index (χ0n) is 24.5. The number of hydrogen-bond acceptors (Lipinski definition) is 5. The maximum atomic E-state index is 14.8. The molecule has 0 aliphatic carbocycles. The first-order valence-electron chi connectivity index (χ1n) is 14.0. The van der Waals surface area contributed by atoms with Gasteiger partial charge < -0.3 is 15.2 Å². The fraction of sp³-hybridized carbons (Fsp3) is 0.303. The van der Waals surface area contributed by atoms with Crippen molar-refractivity contribution in [2.75, 3.05) is 0 Å². The van der Waals surface area contributed by atoms with Crippen molar-refractivity contribution in [2.24, 2.45) is 5.92 Å². The number of nitrogens with zero attached hydrogens (tertiary/aromatic N) is 2. The van der Waals surface area contributed by atoms with Gasteiger partial charge in [0.1, 0.15) is 12.6 Å². The Morgan fingerprint density at radius 1 is 0.909 bits per heavy atom. The predicted molar refractivity (Wildman–Crippen MR) is 157 cm³/mol. The number of hydrogen-bond donors (Lipinski definition) is 2. The summed E-state index contributed by atoms with van der Waals surface area (Å²) in [6.45, 7) is 4.05. The normalized spacial score (nSPS) is 17.5. The Morgan fingerprint density at radius 2 is 1.43 bits per heavy atom. The van der Waals surface area contributed by atoms with Crippen molar-refractivity contribution in [3.63, 3.8) is 0 Å². The minimum Gasteiger partial charge on any atom is -0.444 e. The number of nitrogens with one attached hydrogen (secondary N) is 1. The van der Waals surface area contributed by atoms with Gasteiger partial charge in [-0.2, -0.15) is 13.2 Å². The van der Waals surface area contributed by atoms with E-state index in [1.165, 1.54) is 6.20 Å². The Kier molecular flexibility index (Phi) is 9.78. The highest BCUT2D eigenvalue weighted by Gasteiger charge is 2.63. The van der Waals surface area contributed by atoms with Crippen LogP contribution in [0, 0.1) is 5.92 Å². The second-order valence-electron chi connectivity index (χ2n) is 10.9. The molecule has 0 radical (unpaired) electrons. The van der Waals surface area contributed by atoms with E-state index < -0.39 is 54.2 Å². The fourth-order valence-electron chi connectivity index (χ4n) is 5.24. The standard InChI is InChI=1S/C33H34F3N3O5/c1-22(2)29-30(41)39(28(19-24-13-7-4-8-14-24)32(43,33(34,35)36)37-23(3)40)27(26-17-11-6-12-18-26)20-38(29)31(42)44-21-25-15-9-5-10-16-25/h4-18,20,22,28-29,43H,19,21H2,1-3H3,(H,37,40). The highest BCUT2D eigenvalue weighted by atomic mass is 19.4. The maximum Gasteiger partial charge on any atom is 0.438 e. The van der Waals surface area contributed by atoms with Gasteiger partial charge in [-0.3, -0.25) is 19.4 Å². The van der Waals surface area contributed by atoms with Gasteiger partial charge >= 0.3 is 12.3 Å². The van der Waals surface area contributed by atoms with Gasteiger partial charge in [-0.25, -0.2) is 4.79 Å². The molecule has 3 aromatic carbocycles. The zero-order chi connectivity index (χ0) is 32.1. The van der Waals surface area contributed by atoms with E-state index in [1.807, 2.05) is 6.07 Å². The first kappa shape index (κ1) is 32.3. The fourth-order valence-corrected chi connectivity index (χ4v) is 5.24. The number of carbonyl (C=O) groups is 3. The predicted octanol–water partition coefficient (Wildman–Crippen LogP) is 5.49. The molecule has 0 aromatic heterocycles. The van der Waals surface area contributed by atoms with Crippen molar-refractivity contribution in [3.8, 4) is 0 Å². The molecule has 1 aliphatic heterocycles. The Balaban J connectivity index is 1.91. The Labute approximate surface area is 253 Å². The van der Waals surface area contributed by atoms with Crippen LogP contribution < -0.4 is 5.32 Å². The SMILES string of the molecule is CC(=O)NC(O)(C(Cc1ccccc1)N1C(=O)C(C(C)C)N(C(=O)OCc2ccccc2)C=C1c1ccccc1)C(F)(F)F. The van der Waals surface area contributed by atoms with Crippen molar-refractivity contribution in [1.29, 1.82) is 0 Å². The third-order valence-electron chi connectivity index (χ3n) is 7.29. The summed E-state index contributed by atoms with van der Waals surface area (Å²) in [4.78, 5) is 42.0. The summed E-state index contributed by atoms with van der Waals surface area (Å²) in [6, 6.07) is 21.6. The molecule has 3 amide bonds. The maximum absolute atomic E-state index is 14.8. The van der Waals surface area contributed by atoms with Crippen LogP contribution in [0.1, 0.15) is 37.5 Å². The number of carbonyl (C=O) groups excluding carboxylic acids is 3. The second-order valence-corrected chi connectivity index (χ2v) is 10.9. The molecular formula is C33H34F3N3O5. The highest BCUT2D eigenvalue weighted by molar-refractivity contribution is 5.96. The van der Waals surface area contributed by atoms with Crippen LogP contribution in [-0.2, 0) is 27.4 Å². The molecular weight excluding hydrogens is 575 g/mol. The molecule has 0 fully saturated rings. The quantitative estimate of drug-likeness (QED) is 0.313. The molecule has 1 aliphatic rings. The summed E-state index contributed by atoms with van der Waals surface area (Å²) in [7, 11) is 0. The molecule has 232 valence electrons. The van der Waals surface area contributed by atoms with Gasteiger partial charge in [-0.05, 0) is 29.0 Å². The van der Waals surface area contributed by atoms with Crippen LogP contribution in [0.15, 0.2) is 97.2 Å². The highest BCUT2D eigenvalue weighted by Crippen LogP contribution is 2.41. The van der Waals surface area contributed by atoms with E-state index in [0.717, 1.165) is 16.7 Å². The third-order valence-corrected chi connectivity index (χ3v) is 7.29. The van der Waals surface area contributed by atoms with Crippen LogP contribution in [-0.4, -0.2) is 56.8 Å². The molecule has 11 heteroatoms. The van der Waals surface area contributed by atoms with E-state index in [2.05, 4.69) is 0 Å². The topological polar surface area (TPSA) is 99.2 Å². The van der Waals surface area contributed by atoms with Crippen LogP contribution in [0.25, 0.3) is 5.70 Å². The summed E-state index contributed by atoms with van der Waals surface area (Å²) in [6.07, 6.45) is -5.49. The molecule has 0 saturated heterocycles. The van der Waals surface area contributed by atoms with Gasteiger partial charge in [0, 0.05) is 13.1 Å². The molecule has 1 heterocycles. The lowest BCUT2D eigenvalue weighted by Crippen LogP contribution is -2.72. The summed E-state index contributed by atoms with van der Waals surface area (Å²) in [5.74, 6) is -2.61. The van der Waals surface area contributed by atoms with Crippen molar-refractivity contribution in [1.82, 2.24) is 15.1 Å². The second kappa shape index (κ2) is 13.3. The Morgan fingerprint density at radius 3 is 1.93 bits per heavy atom. The minimum absolute atomic E-state index is 0.0851. The number of aliphatic hydroxyl groups is 1. The van der Waals surface area contributed by atoms with E-state index in [0.29, 0.717) is 16.7 Å². The summed E-state index contributed by atoms with van der Waals surface area (Å²) in [5.41, 5.74) is -2.58. The minimum atomic E-state index is -5.40. The molecule has 0 spiro atoms. The molecule has 8 nitrogen and oxygen atoms in total. The van der Waals surface area contributed by atoms with Gasteiger partial charge in [0.15, 0.2) is 0 Å². The molecule has 3 atom stereocenters. The van der Waals surface area contributed by atoms with Crippen LogP contribution in [0.4, 0.5) is 18.0 Å². The van der Waals surface area contributed by atoms with E-state index in [9.17, 15) is 32.7 Å². The van der Waals surface area contributed by atoms with Crippen LogP contribution in [0.2, 0.25) is 0 Å². The first-order chi connectivity index (χ1) is 20.8. The Hall–Kier alpha value is -4.64. The number of benzene rings is 3. The van der Waals surface area contributed by atoms with Crippen molar-refractivity contribution >= 4 is 23.6 Å². The largest absolute Gasteiger partial charge is 0.444 e. The number of ether oxygens (including phenoxy) is 1. The first-order valence-corrected chi connectivity index (χ1v) is 14.0. The molecule has 44 heavy (non-hydrogen) atoms. The molecule has 0 saturated carbocycles. The molecule has 0 bridgehead atoms. The van der Waals surface area contributed by atoms with Crippen LogP contribution >= 0.6 is 0 Å². The number of halogens is 3. The molecule has 2 N–H and O–H groups in total. The molecule has 4 rings (SSSR count). The lowest BCUT2D eigenvalue weighted by Gasteiger charge is -2.48. The van der Waals surface area contributed by atoms with Gasteiger partial charge in [-0.1, -0.05) is 105 Å². The molecule has 3 unspecified atom stereocenters. The van der Waals surface area contributed by atoms with Gasteiger partial charge in [-0.15, -0.1) is 0 Å². The average Bonchev–Trinajstić information content (AvgIpc) is 2.98. The lowest BCUT2D eigenvalue weighted by molar-refractivity contribution is -0.287. The van der Waals surface area contributed by atoms with E-state index in [1.54, 1.807) is 104 Å². The number of alkyl halides is 3. The van der Waals surface area contributed by atoms with E-state index in [-0.39, 0.29) is 12.3 Å². The average molecular weight is 610 g/mol. The van der Waals surface area contributed by atoms with Gasteiger partial charge in [0.25, 0.3) is 11.6 Å². The van der Waals surface area contributed by atoms with Crippen LogP contribution in [0.5, 0.6) is 0 Å². The summed E-state index contributed by atoms with van der Waals surface area (Å²) >= 11 is 0.